The van der Waals surface area contributed by atoms with E-state index in [1.54, 1.807) is 72.8 Å². The summed E-state index contributed by atoms with van der Waals surface area (Å²) in [4.78, 5) is 24.2. The third-order valence-electron chi connectivity index (χ3n) is 3.85. The van der Waals surface area contributed by atoms with Gasteiger partial charge in [-0.15, -0.1) is 0 Å². The molecule has 0 bridgehead atoms. The van der Waals surface area contributed by atoms with Crippen molar-refractivity contribution < 1.29 is 18.7 Å². The van der Waals surface area contributed by atoms with Gasteiger partial charge in [0, 0.05) is 5.02 Å². The maximum absolute atomic E-state index is 12.1. The fourth-order valence-corrected chi connectivity index (χ4v) is 2.59. The molecule has 3 aromatic carbocycles. The highest BCUT2D eigenvalue weighted by molar-refractivity contribution is 6.30. The highest BCUT2D eigenvalue weighted by Gasteiger charge is 2.13. The zero-order chi connectivity index (χ0) is 20.2. The Morgan fingerprint density at radius 2 is 1.55 bits per heavy atom. The quantitative estimate of drug-likeness (QED) is 0.357. The number of rotatable bonds is 5. The van der Waals surface area contributed by atoms with Crippen molar-refractivity contribution in [3.63, 3.8) is 0 Å². The number of hydrogen-bond donors (Lipinski definition) is 0. The summed E-state index contributed by atoms with van der Waals surface area (Å²) in [5, 5.41) is 4.56. The number of ether oxygens (including phenoxy) is 2. The Morgan fingerprint density at radius 3 is 2.24 bits per heavy atom. The first-order chi connectivity index (χ1) is 14.1. The Hall–Kier alpha value is -3.84. The van der Waals surface area contributed by atoms with Crippen molar-refractivity contribution in [2.24, 2.45) is 0 Å². The van der Waals surface area contributed by atoms with Crippen LogP contribution in [0, 0.1) is 0 Å². The summed E-state index contributed by atoms with van der Waals surface area (Å²) in [6.45, 7) is 0. The summed E-state index contributed by atoms with van der Waals surface area (Å²) in [7, 11) is 0. The van der Waals surface area contributed by atoms with Crippen molar-refractivity contribution in [1.82, 2.24) is 9.78 Å². The lowest BCUT2D eigenvalue weighted by atomic mass is 10.2. The topological polar surface area (TPSA) is 83.6 Å². The lowest BCUT2D eigenvalue weighted by molar-refractivity contribution is 0.0734. The Labute approximate surface area is 169 Å². The van der Waals surface area contributed by atoms with E-state index in [0.29, 0.717) is 27.8 Å². The molecule has 0 radical (unpaired) electrons. The fourth-order valence-electron chi connectivity index (χ4n) is 2.46. The molecule has 4 aromatic rings. The van der Waals surface area contributed by atoms with Crippen LogP contribution in [0.2, 0.25) is 5.02 Å². The molecule has 1 heterocycles. The zero-order valence-electron chi connectivity index (χ0n) is 14.8. The SMILES string of the molecule is O=C(Oc1ccc(-n2nc(Oc3ccc(Cl)cc3)oc2=O)cc1)c1ccccc1. The molecule has 1 aromatic heterocycles. The summed E-state index contributed by atoms with van der Waals surface area (Å²) in [5.41, 5.74) is 0.859. The second kappa shape index (κ2) is 8.04. The fraction of sp³-hybridized carbons (Fsp3) is 0. The Balaban J connectivity index is 1.49. The summed E-state index contributed by atoms with van der Waals surface area (Å²) >= 11 is 5.82. The van der Waals surface area contributed by atoms with Gasteiger partial charge in [0.1, 0.15) is 11.5 Å². The third kappa shape index (κ3) is 4.36. The number of esters is 1. The summed E-state index contributed by atoms with van der Waals surface area (Å²) in [5.74, 6) is -0.443. The molecule has 0 unspecified atom stereocenters. The molecule has 0 spiro atoms. The second-order valence-corrected chi connectivity index (χ2v) is 6.29. The first-order valence-electron chi connectivity index (χ1n) is 8.50. The molecular formula is C21H13ClN2O5. The lowest BCUT2D eigenvalue weighted by Crippen LogP contribution is -2.13. The molecule has 0 fully saturated rings. The van der Waals surface area contributed by atoms with Crippen LogP contribution in [-0.2, 0) is 0 Å². The Morgan fingerprint density at radius 1 is 0.897 bits per heavy atom. The predicted molar refractivity (Wildman–Crippen MR) is 105 cm³/mol. The molecule has 0 amide bonds. The van der Waals surface area contributed by atoms with E-state index < -0.39 is 11.7 Å². The molecule has 0 aliphatic rings. The largest absolute Gasteiger partial charge is 0.444 e. The monoisotopic (exact) mass is 408 g/mol. The molecule has 29 heavy (non-hydrogen) atoms. The van der Waals surface area contributed by atoms with Gasteiger partial charge in [-0.05, 0) is 60.7 Å². The van der Waals surface area contributed by atoms with Crippen molar-refractivity contribution >= 4 is 17.6 Å². The minimum atomic E-state index is -0.719. The second-order valence-electron chi connectivity index (χ2n) is 5.85. The number of carbonyl (C=O) groups excluding carboxylic acids is 1. The van der Waals surface area contributed by atoms with Gasteiger partial charge < -0.3 is 13.9 Å². The molecule has 4 rings (SSSR count). The van der Waals surface area contributed by atoms with Crippen LogP contribution in [0.15, 0.2) is 88.1 Å². The van der Waals surface area contributed by atoms with Crippen molar-refractivity contribution in [2.75, 3.05) is 0 Å². The number of halogens is 1. The number of aromatic nitrogens is 2. The molecule has 0 saturated carbocycles. The van der Waals surface area contributed by atoms with E-state index in [4.69, 9.17) is 25.5 Å². The predicted octanol–water partition coefficient (Wildman–Crippen LogP) is 4.49. The minimum Gasteiger partial charge on any atom is -0.423 e. The molecule has 7 nitrogen and oxygen atoms in total. The van der Waals surface area contributed by atoms with Crippen LogP contribution < -0.4 is 15.2 Å². The van der Waals surface area contributed by atoms with Gasteiger partial charge in [0.15, 0.2) is 0 Å². The molecule has 8 heteroatoms. The van der Waals surface area contributed by atoms with Crippen LogP contribution in [0.5, 0.6) is 17.6 Å². The molecule has 0 atom stereocenters. The van der Waals surface area contributed by atoms with E-state index in [1.165, 1.54) is 0 Å². The van der Waals surface area contributed by atoms with Gasteiger partial charge in [-0.2, -0.15) is 4.68 Å². The van der Waals surface area contributed by atoms with E-state index in [2.05, 4.69) is 5.10 Å². The minimum absolute atomic E-state index is 0.211. The number of benzene rings is 3. The molecule has 0 aliphatic carbocycles. The molecule has 0 aliphatic heterocycles. The first kappa shape index (κ1) is 18.5. The molecule has 0 N–H and O–H groups in total. The average molecular weight is 409 g/mol. The van der Waals surface area contributed by atoms with Crippen LogP contribution in [0.1, 0.15) is 10.4 Å². The highest BCUT2D eigenvalue weighted by Crippen LogP contribution is 2.22. The van der Waals surface area contributed by atoms with E-state index in [-0.39, 0.29) is 6.08 Å². The Kier molecular flexibility index (Phi) is 5.13. The van der Waals surface area contributed by atoms with Gasteiger partial charge >= 0.3 is 17.8 Å². The normalized spacial score (nSPS) is 10.5. The molecular weight excluding hydrogens is 396 g/mol. The van der Waals surface area contributed by atoms with Gasteiger partial charge in [-0.3, -0.25) is 0 Å². The number of nitrogens with zero attached hydrogens (tertiary/aromatic N) is 2. The van der Waals surface area contributed by atoms with E-state index in [1.807, 2.05) is 6.07 Å². The smallest absolute Gasteiger partial charge is 0.423 e. The van der Waals surface area contributed by atoms with E-state index in [9.17, 15) is 9.59 Å². The van der Waals surface area contributed by atoms with Crippen LogP contribution in [0.25, 0.3) is 5.69 Å². The van der Waals surface area contributed by atoms with Crippen molar-refractivity contribution in [2.45, 2.75) is 0 Å². The van der Waals surface area contributed by atoms with Crippen LogP contribution in [0.3, 0.4) is 0 Å². The highest BCUT2D eigenvalue weighted by atomic mass is 35.5. The Bertz CT molecular complexity index is 1180. The van der Waals surface area contributed by atoms with Crippen LogP contribution in [-0.4, -0.2) is 15.7 Å². The van der Waals surface area contributed by atoms with E-state index in [0.717, 1.165) is 4.68 Å². The lowest BCUT2D eigenvalue weighted by Gasteiger charge is -2.05. The molecule has 0 saturated heterocycles. The van der Waals surface area contributed by atoms with Crippen molar-refractivity contribution in [1.29, 1.82) is 0 Å². The maximum atomic E-state index is 12.1. The van der Waals surface area contributed by atoms with Crippen LogP contribution in [0.4, 0.5) is 0 Å². The average Bonchev–Trinajstić information content (AvgIpc) is 3.11. The van der Waals surface area contributed by atoms with Gasteiger partial charge in [-0.25, -0.2) is 9.59 Å². The first-order valence-corrected chi connectivity index (χ1v) is 8.87. The zero-order valence-corrected chi connectivity index (χ0v) is 15.6. The maximum Gasteiger partial charge on any atom is 0.444 e. The van der Waals surface area contributed by atoms with E-state index >= 15 is 0 Å². The van der Waals surface area contributed by atoms with Gasteiger partial charge in [-0.1, -0.05) is 34.9 Å². The van der Waals surface area contributed by atoms with Crippen molar-refractivity contribution in [3.05, 3.63) is 100.0 Å². The van der Waals surface area contributed by atoms with Gasteiger partial charge in [0.05, 0.1) is 11.3 Å². The summed E-state index contributed by atoms with van der Waals surface area (Å²) in [6.07, 6.45) is -0.211. The van der Waals surface area contributed by atoms with Crippen molar-refractivity contribution in [3.8, 4) is 23.3 Å². The molecule has 144 valence electrons. The standard InChI is InChI=1S/C21H13ClN2O5/c22-15-6-10-18(11-7-15)28-20-23-24(21(26)29-20)16-8-12-17(13-9-16)27-19(25)14-4-2-1-3-5-14/h1-13H. The van der Waals surface area contributed by atoms with Gasteiger partial charge in [0.2, 0.25) is 0 Å². The van der Waals surface area contributed by atoms with Crippen LogP contribution >= 0.6 is 11.6 Å². The van der Waals surface area contributed by atoms with Gasteiger partial charge in [0.25, 0.3) is 0 Å². The number of hydrogen-bond acceptors (Lipinski definition) is 6. The summed E-state index contributed by atoms with van der Waals surface area (Å²) in [6, 6.07) is 21.4. The summed E-state index contributed by atoms with van der Waals surface area (Å²) < 4.78 is 16.8. The number of carbonyl (C=O) groups is 1. The third-order valence-corrected chi connectivity index (χ3v) is 4.10.